The summed E-state index contributed by atoms with van der Waals surface area (Å²) in [4.78, 5) is 18.3. The standard InChI is InChI=1S/C24H20F4N2O4S/c25-19-5-1-15(2-6-19)22(31)23(32)30(10-9-20-7-4-18(12-29-20)24(26,27)28)21-8-3-16-13-35(33,34)14-17(16)11-21/h1-8,11-12,22,31H,9-10,13-14H2/t22-/m1/s1. The first-order valence-electron chi connectivity index (χ1n) is 10.5. The van der Waals surface area contributed by atoms with Gasteiger partial charge in [-0.2, -0.15) is 13.2 Å². The number of benzene rings is 2. The lowest BCUT2D eigenvalue weighted by Gasteiger charge is -2.26. The lowest BCUT2D eigenvalue weighted by molar-refractivity contribution is -0.137. The van der Waals surface area contributed by atoms with E-state index in [0.717, 1.165) is 18.2 Å². The Labute approximate surface area is 198 Å². The molecule has 6 nitrogen and oxygen atoms in total. The van der Waals surface area contributed by atoms with E-state index in [1.165, 1.54) is 23.1 Å². The van der Waals surface area contributed by atoms with Gasteiger partial charge in [-0.25, -0.2) is 12.8 Å². The molecule has 0 radical (unpaired) electrons. The average molecular weight is 508 g/mol. The summed E-state index contributed by atoms with van der Waals surface area (Å²) in [6.07, 6.45) is -5.41. The van der Waals surface area contributed by atoms with Gasteiger partial charge in [-0.1, -0.05) is 18.2 Å². The van der Waals surface area contributed by atoms with Crippen LogP contribution in [0.2, 0.25) is 0 Å². The quantitative estimate of drug-likeness (QED) is 0.509. The van der Waals surface area contributed by atoms with Crippen LogP contribution in [-0.4, -0.2) is 31.0 Å². The van der Waals surface area contributed by atoms with E-state index < -0.39 is 39.4 Å². The number of carbonyl (C=O) groups excluding carboxylic acids is 1. The van der Waals surface area contributed by atoms with Gasteiger partial charge < -0.3 is 10.0 Å². The Hall–Kier alpha value is -3.31. The number of halogens is 4. The van der Waals surface area contributed by atoms with Crippen LogP contribution in [-0.2, 0) is 38.7 Å². The van der Waals surface area contributed by atoms with Crippen molar-refractivity contribution < 1.29 is 35.9 Å². The fraction of sp³-hybridized carbons (Fsp3) is 0.250. The van der Waals surface area contributed by atoms with Crippen molar-refractivity contribution in [1.82, 2.24) is 4.98 Å². The lowest BCUT2D eigenvalue weighted by atomic mass is 10.1. The van der Waals surface area contributed by atoms with Crippen molar-refractivity contribution in [1.29, 1.82) is 0 Å². The number of amides is 1. The molecule has 0 spiro atoms. The smallest absolute Gasteiger partial charge is 0.378 e. The summed E-state index contributed by atoms with van der Waals surface area (Å²) in [5.74, 6) is -1.59. The molecule has 0 unspecified atom stereocenters. The summed E-state index contributed by atoms with van der Waals surface area (Å²) < 4.78 is 75.7. The number of anilines is 1. The van der Waals surface area contributed by atoms with Gasteiger partial charge in [0.25, 0.3) is 5.91 Å². The van der Waals surface area contributed by atoms with Crippen molar-refractivity contribution in [2.75, 3.05) is 11.4 Å². The van der Waals surface area contributed by atoms with Gasteiger partial charge in [-0.15, -0.1) is 0 Å². The number of hydrogen-bond donors (Lipinski definition) is 1. The average Bonchev–Trinajstić information content (AvgIpc) is 3.12. The maximum absolute atomic E-state index is 13.3. The molecule has 1 atom stereocenters. The van der Waals surface area contributed by atoms with Crippen LogP contribution in [0.5, 0.6) is 0 Å². The van der Waals surface area contributed by atoms with Crippen molar-refractivity contribution in [2.24, 2.45) is 0 Å². The summed E-state index contributed by atoms with van der Waals surface area (Å²) in [7, 11) is -3.29. The zero-order valence-corrected chi connectivity index (χ0v) is 19.0. The van der Waals surface area contributed by atoms with Gasteiger partial charge in [0.15, 0.2) is 15.9 Å². The molecule has 2 aromatic carbocycles. The molecule has 1 aromatic heterocycles. The molecule has 11 heteroatoms. The Morgan fingerprint density at radius 1 is 1.03 bits per heavy atom. The first-order valence-corrected chi connectivity index (χ1v) is 12.3. The third kappa shape index (κ3) is 5.68. The van der Waals surface area contributed by atoms with Crippen LogP contribution in [0.3, 0.4) is 0 Å². The maximum Gasteiger partial charge on any atom is 0.417 e. The molecule has 1 aliphatic rings. The van der Waals surface area contributed by atoms with E-state index in [9.17, 15) is 35.9 Å². The largest absolute Gasteiger partial charge is 0.417 e. The van der Waals surface area contributed by atoms with Gasteiger partial charge in [-0.05, 0) is 53.1 Å². The SMILES string of the molecule is O=C([C@H](O)c1ccc(F)cc1)N(CCc1ccc(C(F)(F)F)cn1)c1ccc2c(c1)CS(=O)(=O)C2. The van der Waals surface area contributed by atoms with Crippen molar-refractivity contribution in [3.05, 3.63) is 94.6 Å². The van der Waals surface area contributed by atoms with Crippen LogP contribution in [0, 0.1) is 5.82 Å². The van der Waals surface area contributed by atoms with Crippen LogP contribution in [0.25, 0.3) is 0 Å². The molecule has 35 heavy (non-hydrogen) atoms. The van der Waals surface area contributed by atoms with Crippen molar-refractivity contribution in [2.45, 2.75) is 30.2 Å². The first kappa shape index (κ1) is 24.8. The molecular formula is C24H20F4N2O4S. The molecule has 0 fully saturated rings. The molecule has 184 valence electrons. The Bertz CT molecular complexity index is 1340. The topological polar surface area (TPSA) is 87.6 Å². The van der Waals surface area contributed by atoms with Gasteiger partial charge in [-0.3, -0.25) is 9.78 Å². The Balaban J connectivity index is 1.62. The van der Waals surface area contributed by atoms with E-state index >= 15 is 0 Å². The minimum Gasteiger partial charge on any atom is -0.378 e. The van der Waals surface area contributed by atoms with Gasteiger partial charge in [0.05, 0.1) is 17.1 Å². The molecule has 2 heterocycles. The number of rotatable bonds is 6. The van der Waals surface area contributed by atoms with E-state index in [2.05, 4.69) is 4.98 Å². The Morgan fingerprint density at radius 2 is 1.71 bits per heavy atom. The highest BCUT2D eigenvalue weighted by molar-refractivity contribution is 7.90. The van der Waals surface area contributed by atoms with Crippen LogP contribution in [0.4, 0.5) is 23.2 Å². The summed E-state index contributed by atoms with van der Waals surface area (Å²) >= 11 is 0. The van der Waals surface area contributed by atoms with Crippen LogP contribution < -0.4 is 4.90 Å². The number of aliphatic hydroxyl groups excluding tert-OH is 1. The molecule has 1 amide bonds. The van der Waals surface area contributed by atoms with Crippen molar-refractivity contribution >= 4 is 21.4 Å². The summed E-state index contributed by atoms with van der Waals surface area (Å²) in [6, 6.07) is 11.5. The van der Waals surface area contributed by atoms with Crippen LogP contribution in [0.15, 0.2) is 60.8 Å². The van der Waals surface area contributed by atoms with Crippen molar-refractivity contribution in [3.63, 3.8) is 0 Å². The van der Waals surface area contributed by atoms with E-state index in [0.29, 0.717) is 23.0 Å². The summed E-state index contributed by atoms with van der Waals surface area (Å²) in [5.41, 5.74) is 1.00. The van der Waals surface area contributed by atoms with Gasteiger partial charge in [0, 0.05) is 30.5 Å². The molecule has 0 bridgehead atoms. The number of pyridine rings is 1. The third-order valence-corrected chi connectivity index (χ3v) is 7.18. The van der Waals surface area contributed by atoms with E-state index in [1.807, 2.05) is 0 Å². The number of alkyl halides is 3. The van der Waals surface area contributed by atoms with Gasteiger partial charge in [0.1, 0.15) is 5.82 Å². The van der Waals surface area contributed by atoms with Crippen LogP contribution in [0.1, 0.15) is 34.1 Å². The lowest BCUT2D eigenvalue weighted by Crippen LogP contribution is -2.37. The second kappa shape index (κ2) is 9.38. The molecule has 0 saturated carbocycles. The van der Waals surface area contributed by atoms with Crippen LogP contribution >= 0.6 is 0 Å². The minimum absolute atomic E-state index is 0.0546. The first-order chi connectivity index (χ1) is 16.4. The monoisotopic (exact) mass is 508 g/mol. The fourth-order valence-corrected chi connectivity index (χ4v) is 5.45. The van der Waals surface area contributed by atoms with Gasteiger partial charge in [0.2, 0.25) is 0 Å². The predicted molar refractivity (Wildman–Crippen MR) is 119 cm³/mol. The number of sulfone groups is 1. The Kier molecular flexibility index (Phi) is 6.65. The molecule has 0 saturated heterocycles. The number of fused-ring (bicyclic) bond motifs is 1. The zero-order chi connectivity index (χ0) is 25.4. The van der Waals surface area contributed by atoms with Crippen molar-refractivity contribution in [3.8, 4) is 0 Å². The number of aliphatic hydroxyl groups is 1. The highest BCUT2D eigenvalue weighted by Gasteiger charge is 2.31. The molecule has 1 N–H and O–H groups in total. The van der Waals surface area contributed by atoms with E-state index in [4.69, 9.17) is 0 Å². The zero-order valence-electron chi connectivity index (χ0n) is 18.2. The van der Waals surface area contributed by atoms with E-state index in [1.54, 1.807) is 18.2 Å². The minimum atomic E-state index is -4.53. The number of nitrogens with zero attached hydrogens (tertiary/aromatic N) is 2. The number of carbonyl (C=O) groups is 1. The summed E-state index contributed by atoms with van der Waals surface area (Å²) in [5, 5.41) is 10.7. The normalized spacial score (nSPS) is 15.5. The van der Waals surface area contributed by atoms with Gasteiger partial charge >= 0.3 is 6.18 Å². The Morgan fingerprint density at radius 3 is 2.34 bits per heavy atom. The fourth-order valence-electron chi connectivity index (χ4n) is 3.85. The second-order valence-electron chi connectivity index (χ2n) is 8.22. The third-order valence-electron chi connectivity index (χ3n) is 5.68. The highest BCUT2D eigenvalue weighted by atomic mass is 32.2. The number of hydrogen-bond acceptors (Lipinski definition) is 5. The number of aromatic nitrogens is 1. The molecule has 1 aliphatic heterocycles. The second-order valence-corrected chi connectivity index (χ2v) is 10.3. The maximum atomic E-state index is 13.3. The molecule has 0 aliphatic carbocycles. The summed E-state index contributed by atoms with van der Waals surface area (Å²) in [6.45, 7) is -0.0546. The highest BCUT2D eigenvalue weighted by Crippen LogP contribution is 2.31. The predicted octanol–water partition coefficient (Wildman–Crippen LogP) is 3.98. The van der Waals surface area contributed by atoms with E-state index in [-0.39, 0.29) is 35.7 Å². The molecule has 3 aromatic rings. The molecule has 4 rings (SSSR count). The molecular weight excluding hydrogens is 488 g/mol.